The molecule has 0 saturated heterocycles. The Kier molecular flexibility index (Phi) is 3.89. The van der Waals surface area contributed by atoms with E-state index in [-0.39, 0.29) is 5.91 Å². The van der Waals surface area contributed by atoms with Crippen molar-refractivity contribution in [1.29, 1.82) is 0 Å². The summed E-state index contributed by atoms with van der Waals surface area (Å²) in [5.74, 6) is -0.131. The van der Waals surface area contributed by atoms with Crippen LogP contribution in [0, 0.1) is 13.8 Å². The first kappa shape index (κ1) is 15.7. The summed E-state index contributed by atoms with van der Waals surface area (Å²) in [6.07, 6.45) is 1.63. The van der Waals surface area contributed by atoms with E-state index < -0.39 is 0 Å². The van der Waals surface area contributed by atoms with Gasteiger partial charge in [-0.2, -0.15) is 0 Å². The number of benzene rings is 1. The van der Waals surface area contributed by atoms with Crippen LogP contribution in [-0.4, -0.2) is 20.1 Å². The van der Waals surface area contributed by atoms with Crippen LogP contribution in [0.1, 0.15) is 26.6 Å². The largest absolute Gasteiger partial charge is 0.343 e. The van der Waals surface area contributed by atoms with Crippen molar-refractivity contribution in [2.24, 2.45) is 0 Å². The molecule has 0 atom stereocenters. The van der Waals surface area contributed by atoms with Crippen LogP contribution in [0.5, 0.6) is 0 Å². The van der Waals surface area contributed by atoms with Crippen molar-refractivity contribution in [2.75, 3.05) is 5.43 Å². The molecule has 0 aliphatic rings. The average Bonchev–Trinajstić information content (AvgIpc) is 3.32. The van der Waals surface area contributed by atoms with Gasteiger partial charge in [-0.15, -0.1) is 11.3 Å². The molecule has 3 heterocycles. The Labute approximate surface area is 149 Å². The molecule has 0 aliphatic heterocycles. The van der Waals surface area contributed by atoms with Gasteiger partial charge < -0.3 is 4.57 Å². The van der Waals surface area contributed by atoms with E-state index in [9.17, 15) is 4.79 Å². The Morgan fingerprint density at radius 3 is 2.84 bits per heavy atom. The molecule has 25 heavy (non-hydrogen) atoms. The molecule has 0 spiro atoms. The highest BCUT2D eigenvalue weighted by atomic mass is 32.1. The number of aromatic nitrogens is 3. The van der Waals surface area contributed by atoms with Crippen LogP contribution >= 0.6 is 11.3 Å². The molecule has 0 radical (unpaired) electrons. The van der Waals surface area contributed by atoms with Crippen molar-refractivity contribution < 1.29 is 4.79 Å². The van der Waals surface area contributed by atoms with Gasteiger partial charge in [0.05, 0.1) is 23.1 Å². The lowest BCUT2D eigenvalue weighted by molar-refractivity contribution is 0.101. The molecule has 0 unspecified atom stereocenters. The Bertz CT molecular complexity index is 1040. The van der Waals surface area contributed by atoms with Crippen LogP contribution in [0.25, 0.3) is 11.0 Å². The molecular weight excluding hydrogens is 332 g/mol. The lowest BCUT2D eigenvalue weighted by Crippen LogP contribution is -2.22. The summed E-state index contributed by atoms with van der Waals surface area (Å²) in [4.78, 5) is 18.4. The summed E-state index contributed by atoms with van der Waals surface area (Å²) in [6.45, 7) is 4.81. The van der Waals surface area contributed by atoms with Crippen molar-refractivity contribution in [3.8, 4) is 0 Å². The number of hydrogen-bond donors (Lipinski definition) is 1. The second-order valence-corrected chi connectivity index (χ2v) is 7.03. The van der Waals surface area contributed by atoms with Crippen molar-refractivity contribution in [2.45, 2.75) is 20.4 Å². The molecule has 126 valence electrons. The summed E-state index contributed by atoms with van der Waals surface area (Å²) in [7, 11) is 0. The van der Waals surface area contributed by atoms with Gasteiger partial charge >= 0.3 is 0 Å². The fourth-order valence-electron chi connectivity index (χ4n) is 3.05. The van der Waals surface area contributed by atoms with Gasteiger partial charge in [-0.1, -0.05) is 18.2 Å². The van der Waals surface area contributed by atoms with Gasteiger partial charge in [-0.3, -0.25) is 10.2 Å². The summed E-state index contributed by atoms with van der Waals surface area (Å²) in [5, 5.41) is 2.07. The number of aryl methyl sites for hydroxylation is 1. The second-order valence-electron chi connectivity index (χ2n) is 5.99. The van der Waals surface area contributed by atoms with Crippen LogP contribution in [0.3, 0.4) is 0 Å². The number of thiophene rings is 1. The molecule has 1 aromatic carbocycles. The zero-order valence-corrected chi connectivity index (χ0v) is 14.9. The molecule has 0 aliphatic carbocycles. The topological polar surface area (TPSA) is 51.9 Å². The number of carbonyl (C=O) groups is 1. The molecule has 1 amide bonds. The third kappa shape index (κ3) is 2.85. The average molecular weight is 350 g/mol. The number of hydrogen-bond acceptors (Lipinski definition) is 3. The van der Waals surface area contributed by atoms with Crippen LogP contribution in [0.15, 0.2) is 54.2 Å². The Hall–Kier alpha value is -2.86. The van der Waals surface area contributed by atoms with Gasteiger partial charge in [0, 0.05) is 16.3 Å². The third-order valence-corrected chi connectivity index (χ3v) is 5.25. The first-order valence-corrected chi connectivity index (χ1v) is 8.94. The molecule has 1 N–H and O–H groups in total. The van der Waals surface area contributed by atoms with E-state index in [1.807, 2.05) is 50.2 Å². The van der Waals surface area contributed by atoms with Crippen molar-refractivity contribution in [3.63, 3.8) is 0 Å². The molecule has 4 rings (SSSR count). The Morgan fingerprint density at radius 2 is 2.04 bits per heavy atom. The zero-order valence-electron chi connectivity index (χ0n) is 14.1. The fourth-order valence-corrected chi connectivity index (χ4v) is 3.74. The fraction of sp³-hybridized carbons (Fsp3) is 0.158. The highest BCUT2D eigenvalue weighted by Gasteiger charge is 2.17. The van der Waals surface area contributed by atoms with Crippen LogP contribution in [-0.2, 0) is 6.54 Å². The quantitative estimate of drug-likeness (QED) is 0.606. The van der Waals surface area contributed by atoms with E-state index in [2.05, 4.69) is 26.4 Å². The highest BCUT2D eigenvalue weighted by Crippen LogP contribution is 2.20. The van der Waals surface area contributed by atoms with E-state index in [1.54, 1.807) is 22.3 Å². The summed E-state index contributed by atoms with van der Waals surface area (Å²) in [5.41, 5.74) is 7.38. The molecule has 6 heteroatoms. The zero-order chi connectivity index (χ0) is 17.4. The maximum absolute atomic E-state index is 12.8. The number of amides is 1. The number of rotatable bonds is 4. The van der Waals surface area contributed by atoms with Gasteiger partial charge in [0.1, 0.15) is 6.33 Å². The van der Waals surface area contributed by atoms with Crippen molar-refractivity contribution in [3.05, 3.63) is 76.0 Å². The van der Waals surface area contributed by atoms with Crippen molar-refractivity contribution >= 4 is 28.3 Å². The van der Waals surface area contributed by atoms with Gasteiger partial charge in [0.25, 0.3) is 5.91 Å². The van der Waals surface area contributed by atoms with Crippen LogP contribution < -0.4 is 5.43 Å². The molecule has 0 saturated carbocycles. The summed E-state index contributed by atoms with van der Waals surface area (Å²) >= 11 is 1.72. The number of fused-ring (bicyclic) bond motifs is 1. The van der Waals surface area contributed by atoms with Crippen LogP contribution in [0.4, 0.5) is 0 Å². The molecular formula is C19H18N4OS. The molecule has 5 nitrogen and oxygen atoms in total. The SMILES string of the molecule is Cc1cc(C(=O)Nn2cnc3ccccc32)c(C)n1Cc1cccs1. The second kappa shape index (κ2) is 6.22. The minimum atomic E-state index is -0.131. The van der Waals surface area contributed by atoms with Gasteiger partial charge in [0.15, 0.2) is 0 Å². The third-order valence-electron chi connectivity index (χ3n) is 4.39. The van der Waals surface area contributed by atoms with Crippen molar-refractivity contribution in [1.82, 2.24) is 14.2 Å². The van der Waals surface area contributed by atoms with E-state index >= 15 is 0 Å². The van der Waals surface area contributed by atoms with Gasteiger partial charge in [-0.05, 0) is 43.5 Å². The molecule has 3 aromatic heterocycles. The first-order chi connectivity index (χ1) is 12.1. The Morgan fingerprint density at radius 1 is 1.20 bits per heavy atom. The predicted octanol–water partition coefficient (Wildman–Crippen LogP) is 3.95. The number of carbonyl (C=O) groups excluding carboxylic acids is 1. The smallest absolute Gasteiger partial charge is 0.271 e. The number of nitrogens with zero attached hydrogens (tertiary/aromatic N) is 3. The summed E-state index contributed by atoms with van der Waals surface area (Å²) < 4.78 is 3.84. The first-order valence-electron chi connectivity index (χ1n) is 8.06. The van der Waals surface area contributed by atoms with Crippen LogP contribution in [0.2, 0.25) is 0 Å². The molecule has 4 aromatic rings. The molecule has 0 bridgehead atoms. The number of nitrogens with one attached hydrogen (secondary N) is 1. The maximum Gasteiger partial charge on any atom is 0.271 e. The predicted molar refractivity (Wildman–Crippen MR) is 101 cm³/mol. The van der Waals surface area contributed by atoms with Gasteiger partial charge in [0.2, 0.25) is 0 Å². The lowest BCUT2D eigenvalue weighted by atomic mass is 10.2. The van der Waals surface area contributed by atoms with Gasteiger partial charge in [-0.25, -0.2) is 9.66 Å². The summed E-state index contributed by atoms with van der Waals surface area (Å²) in [6, 6.07) is 13.8. The normalized spacial score (nSPS) is 11.1. The monoisotopic (exact) mass is 350 g/mol. The Balaban J connectivity index is 1.62. The van der Waals surface area contributed by atoms with E-state index in [0.717, 1.165) is 29.0 Å². The standard InChI is InChI=1S/C19H18N4OS/c1-13-10-16(14(2)22(13)11-15-6-5-9-25-15)19(24)21-23-12-20-17-7-3-4-8-18(17)23/h3-10,12H,11H2,1-2H3,(H,21,24). The lowest BCUT2D eigenvalue weighted by Gasteiger charge is -2.09. The minimum absolute atomic E-state index is 0.131. The maximum atomic E-state index is 12.8. The molecule has 0 fully saturated rings. The minimum Gasteiger partial charge on any atom is -0.343 e. The highest BCUT2D eigenvalue weighted by molar-refractivity contribution is 7.09. The van der Waals surface area contributed by atoms with E-state index in [1.165, 1.54) is 4.88 Å². The van der Waals surface area contributed by atoms with E-state index in [4.69, 9.17) is 0 Å². The number of para-hydroxylation sites is 2. The van der Waals surface area contributed by atoms with E-state index in [0.29, 0.717) is 5.56 Å². The number of imidazole rings is 1.